The van der Waals surface area contributed by atoms with Gasteiger partial charge in [-0.05, 0) is 62.1 Å². The van der Waals surface area contributed by atoms with Crippen LogP contribution in [-0.2, 0) is 11.2 Å². The van der Waals surface area contributed by atoms with Gasteiger partial charge in [-0.2, -0.15) is 0 Å². The molecular formula is C21H22N2O2. The average molecular weight is 334 g/mol. The zero-order chi connectivity index (χ0) is 17.4. The number of anilines is 2. The zero-order valence-electron chi connectivity index (χ0n) is 14.4. The molecule has 0 aromatic heterocycles. The maximum atomic E-state index is 13.1. The van der Waals surface area contributed by atoms with Gasteiger partial charge in [-0.25, -0.2) is 0 Å². The monoisotopic (exact) mass is 334 g/mol. The molecule has 0 bridgehead atoms. The van der Waals surface area contributed by atoms with Crippen LogP contribution in [0.3, 0.4) is 0 Å². The summed E-state index contributed by atoms with van der Waals surface area (Å²) in [6, 6.07) is 15.8. The Hall–Kier alpha value is -2.62. The number of hydrogen-bond acceptors (Lipinski definition) is 2. The van der Waals surface area contributed by atoms with Gasteiger partial charge in [-0.1, -0.05) is 18.2 Å². The van der Waals surface area contributed by atoms with Crippen LogP contribution in [0.4, 0.5) is 11.4 Å². The number of carbonyl (C=O) groups is 2. The molecule has 1 unspecified atom stereocenters. The first-order valence-electron chi connectivity index (χ1n) is 8.97. The molecule has 2 aromatic rings. The van der Waals surface area contributed by atoms with E-state index in [9.17, 15) is 9.59 Å². The van der Waals surface area contributed by atoms with Crippen molar-refractivity contribution in [2.45, 2.75) is 38.6 Å². The van der Waals surface area contributed by atoms with Crippen LogP contribution in [0.15, 0.2) is 48.5 Å². The van der Waals surface area contributed by atoms with Crippen molar-refractivity contribution in [3.05, 3.63) is 59.7 Å². The van der Waals surface area contributed by atoms with Crippen molar-refractivity contribution in [1.82, 2.24) is 0 Å². The molecule has 2 aromatic carbocycles. The molecule has 128 valence electrons. The maximum absolute atomic E-state index is 13.1. The smallest absolute Gasteiger partial charge is 0.258 e. The normalized spacial score (nSPS) is 19.9. The van der Waals surface area contributed by atoms with E-state index in [0.717, 1.165) is 37.2 Å². The van der Waals surface area contributed by atoms with Gasteiger partial charge >= 0.3 is 0 Å². The lowest BCUT2D eigenvalue weighted by Gasteiger charge is -2.35. The molecule has 1 fully saturated rings. The quantitative estimate of drug-likeness (QED) is 0.838. The number of aryl methyl sites for hydroxylation is 1. The molecule has 2 aliphatic heterocycles. The zero-order valence-corrected chi connectivity index (χ0v) is 14.4. The Bertz CT molecular complexity index is 813. The van der Waals surface area contributed by atoms with Gasteiger partial charge in [0.05, 0.1) is 0 Å². The number of amides is 2. The van der Waals surface area contributed by atoms with E-state index >= 15 is 0 Å². The van der Waals surface area contributed by atoms with Crippen molar-refractivity contribution in [2.75, 3.05) is 16.3 Å². The lowest BCUT2D eigenvalue weighted by atomic mass is 9.95. The third kappa shape index (κ3) is 2.82. The van der Waals surface area contributed by atoms with Gasteiger partial charge in [-0.15, -0.1) is 0 Å². The first kappa shape index (κ1) is 15.9. The van der Waals surface area contributed by atoms with Crippen molar-refractivity contribution in [3.8, 4) is 0 Å². The predicted octanol–water partition coefficient (Wildman–Crippen LogP) is 3.79. The summed E-state index contributed by atoms with van der Waals surface area (Å²) in [6.07, 6.45) is 3.50. The summed E-state index contributed by atoms with van der Waals surface area (Å²) in [6.45, 7) is 2.87. The molecule has 2 aliphatic rings. The topological polar surface area (TPSA) is 40.6 Å². The number of fused-ring (bicyclic) bond motifs is 1. The van der Waals surface area contributed by atoms with E-state index in [1.165, 1.54) is 5.56 Å². The number of hydrogen-bond donors (Lipinski definition) is 0. The van der Waals surface area contributed by atoms with Gasteiger partial charge in [0.25, 0.3) is 5.91 Å². The van der Waals surface area contributed by atoms with Crippen LogP contribution < -0.4 is 9.80 Å². The van der Waals surface area contributed by atoms with Crippen molar-refractivity contribution in [1.29, 1.82) is 0 Å². The number of carbonyl (C=O) groups excluding carboxylic acids is 2. The average Bonchev–Trinajstić information content (AvgIpc) is 3.07. The van der Waals surface area contributed by atoms with Gasteiger partial charge in [0, 0.05) is 35.9 Å². The Morgan fingerprint density at radius 1 is 1.04 bits per heavy atom. The van der Waals surface area contributed by atoms with Gasteiger partial charge in [0.2, 0.25) is 5.91 Å². The fraction of sp³-hybridized carbons (Fsp3) is 0.333. The number of para-hydroxylation sites is 1. The predicted molar refractivity (Wildman–Crippen MR) is 99.1 cm³/mol. The van der Waals surface area contributed by atoms with Crippen LogP contribution in [0.25, 0.3) is 0 Å². The first-order chi connectivity index (χ1) is 12.1. The maximum Gasteiger partial charge on any atom is 0.258 e. The second-order valence-corrected chi connectivity index (χ2v) is 6.89. The highest BCUT2D eigenvalue weighted by atomic mass is 16.2. The molecule has 4 nitrogen and oxygen atoms in total. The van der Waals surface area contributed by atoms with Crippen LogP contribution >= 0.6 is 0 Å². The van der Waals surface area contributed by atoms with Crippen LogP contribution in [-0.4, -0.2) is 24.4 Å². The summed E-state index contributed by atoms with van der Waals surface area (Å²) in [7, 11) is 0. The Balaban J connectivity index is 1.62. The highest BCUT2D eigenvalue weighted by molar-refractivity contribution is 6.07. The molecule has 4 rings (SSSR count). The van der Waals surface area contributed by atoms with Crippen molar-refractivity contribution >= 4 is 23.2 Å². The second-order valence-electron chi connectivity index (χ2n) is 6.89. The Morgan fingerprint density at radius 3 is 2.52 bits per heavy atom. The summed E-state index contributed by atoms with van der Waals surface area (Å²) < 4.78 is 0. The Morgan fingerprint density at radius 2 is 1.80 bits per heavy atom. The van der Waals surface area contributed by atoms with Crippen molar-refractivity contribution in [2.24, 2.45) is 0 Å². The fourth-order valence-corrected chi connectivity index (χ4v) is 3.84. The van der Waals surface area contributed by atoms with Crippen molar-refractivity contribution in [3.63, 3.8) is 0 Å². The fourth-order valence-electron chi connectivity index (χ4n) is 3.84. The molecule has 1 atom stereocenters. The van der Waals surface area contributed by atoms with E-state index in [2.05, 4.69) is 13.0 Å². The standard InChI is InChI=1S/C21H22N2O2/c1-15-8-9-16-5-2-3-6-19(16)23(15)21(25)17-10-12-18(13-11-17)22-14-4-7-20(22)24/h2-3,5-6,10-13,15H,4,7-9,14H2,1H3. The van der Waals surface area contributed by atoms with E-state index in [1.807, 2.05) is 47.4 Å². The van der Waals surface area contributed by atoms with E-state index in [-0.39, 0.29) is 17.9 Å². The third-order valence-corrected chi connectivity index (χ3v) is 5.24. The minimum Gasteiger partial charge on any atom is -0.312 e. The molecule has 1 saturated heterocycles. The molecular weight excluding hydrogens is 312 g/mol. The Labute approximate surface area is 148 Å². The first-order valence-corrected chi connectivity index (χ1v) is 8.97. The number of rotatable bonds is 2. The van der Waals surface area contributed by atoms with Crippen LogP contribution in [0.1, 0.15) is 42.1 Å². The molecule has 2 heterocycles. The summed E-state index contributed by atoms with van der Waals surface area (Å²) >= 11 is 0. The summed E-state index contributed by atoms with van der Waals surface area (Å²) in [4.78, 5) is 28.7. The third-order valence-electron chi connectivity index (χ3n) is 5.24. The van der Waals surface area contributed by atoms with Crippen LogP contribution in [0.2, 0.25) is 0 Å². The van der Waals surface area contributed by atoms with E-state index in [0.29, 0.717) is 12.0 Å². The molecule has 0 saturated carbocycles. The van der Waals surface area contributed by atoms with Gasteiger partial charge in [0.15, 0.2) is 0 Å². The largest absolute Gasteiger partial charge is 0.312 e. The molecule has 4 heteroatoms. The second kappa shape index (κ2) is 6.36. The van der Waals surface area contributed by atoms with Gasteiger partial charge < -0.3 is 9.80 Å². The number of benzene rings is 2. The summed E-state index contributed by atoms with van der Waals surface area (Å²) in [5.41, 5.74) is 3.79. The molecule has 0 N–H and O–H groups in total. The molecule has 0 radical (unpaired) electrons. The summed E-state index contributed by atoms with van der Waals surface area (Å²) in [5, 5.41) is 0. The van der Waals surface area contributed by atoms with Gasteiger partial charge in [0.1, 0.15) is 0 Å². The number of nitrogens with zero attached hydrogens (tertiary/aromatic N) is 2. The minimum absolute atomic E-state index is 0.0268. The summed E-state index contributed by atoms with van der Waals surface area (Å²) in [5.74, 6) is 0.191. The van der Waals surface area contributed by atoms with Gasteiger partial charge in [-0.3, -0.25) is 9.59 Å². The van der Waals surface area contributed by atoms with E-state index in [1.54, 1.807) is 4.90 Å². The molecule has 25 heavy (non-hydrogen) atoms. The lowest BCUT2D eigenvalue weighted by Crippen LogP contribution is -2.42. The van der Waals surface area contributed by atoms with Crippen molar-refractivity contribution < 1.29 is 9.59 Å². The van der Waals surface area contributed by atoms with E-state index in [4.69, 9.17) is 0 Å². The van der Waals surface area contributed by atoms with Crippen LogP contribution in [0.5, 0.6) is 0 Å². The highest BCUT2D eigenvalue weighted by Gasteiger charge is 2.29. The molecule has 0 spiro atoms. The minimum atomic E-state index is 0.0268. The SMILES string of the molecule is CC1CCc2ccccc2N1C(=O)c1ccc(N2CCCC2=O)cc1. The highest BCUT2D eigenvalue weighted by Crippen LogP contribution is 2.32. The lowest BCUT2D eigenvalue weighted by molar-refractivity contribution is -0.117. The molecule has 0 aliphatic carbocycles. The van der Waals surface area contributed by atoms with Crippen LogP contribution in [0, 0.1) is 0 Å². The van der Waals surface area contributed by atoms with E-state index < -0.39 is 0 Å². The Kier molecular flexibility index (Phi) is 4.04. The molecule has 2 amide bonds.